The van der Waals surface area contributed by atoms with Crippen molar-refractivity contribution in [2.45, 2.75) is 39.2 Å². The minimum absolute atomic E-state index is 0.0550. The Bertz CT molecular complexity index is 980. The van der Waals surface area contributed by atoms with Gasteiger partial charge in [-0.2, -0.15) is 0 Å². The van der Waals surface area contributed by atoms with E-state index < -0.39 is 0 Å². The number of hydrogen-bond donors (Lipinski definition) is 1. The van der Waals surface area contributed by atoms with E-state index in [0.717, 1.165) is 17.5 Å². The summed E-state index contributed by atoms with van der Waals surface area (Å²) >= 11 is 0. The quantitative estimate of drug-likeness (QED) is 0.700. The van der Waals surface area contributed by atoms with Crippen LogP contribution in [0.15, 0.2) is 59.7 Å². The molecule has 1 atom stereocenters. The van der Waals surface area contributed by atoms with Gasteiger partial charge < -0.3 is 5.32 Å². The second-order valence-electron chi connectivity index (χ2n) is 6.78. The lowest BCUT2D eigenvalue weighted by atomic mass is 9.96. The fourth-order valence-electron chi connectivity index (χ4n) is 3.27. The lowest BCUT2D eigenvalue weighted by Crippen LogP contribution is -2.30. The molecular weight excluding hydrogens is 338 g/mol. The summed E-state index contributed by atoms with van der Waals surface area (Å²) in [5.41, 5.74) is 2.82. The van der Waals surface area contributed by atoms with E-state index in [1.807, 2.05) is 37.3 Å². The van der Waals surface area contributed by atoms with Crippen LogP contribution in [0.5, 0.6) is 0 Å². The molecule has 1 aromatic heterocycles. The van der Waals surface area contributed by atoms with Crippen molar-refractivity contribution in [3.8, 4) is 0 Å². The number of amides is 1. The van der Waals surface area contributed by atoms with Gasteiger partial charge in [-0.3, -0.25) is 14.2 Å². The molecule has 0 fully saturated rings. The molecular formula is C22H25N3O2. The first-order valence-corrected chi connectivity index (χ1v) is 9.36. The molecule has 0 bridgehead atoms. The normalized spacial score (nSPS) is 12.1. The van der Waals surface area contributed by atoms with E-state index in [0.29, 0.717) is 24.4 Å². The van der Waals surface area contributed by atoms with Crippen molar-refractivity contribution in [1.29, 1.82) is 0 Å². The van der Waals surface area contributed by atoms with Gasteiger partial charge in [0, 0.05) is 25.4 Å². The minimum Gasteiger partial charge on any atom is -0.355 e. The smallest absolute Gasteiger partial charge is 0.261 e. The van der Waals surface area contributed by atoms with Gasteiger partial charge in [-0.25, -0.2) is 4.98 Å². The van der Waals surface area contributed by atoms with Crippen molar-refractivity contribution in [2.75, 3.05) is 6.54 Å². The minimum atomic E-state index is -0.104. The molecule has 2 aromatic carbocycles. The molecule has 5 nitrogen and oxygen atoms in total. The molecule has 0 radical (unpaired) electrons. The highest BCUT2D eigenvalue weighted by atomic mass is 16.1. The van der Waals surface area contributed by atoms with Crippen LogP contribution in [0.4, 0.5) is 0 Å². The first-order chi connectivity index (χ1) is 13.1. The topological polar surface area (TPSA) is 64.0 Å². The van der Waals surface area contributed by atoms with Gasteiger partial charge in [0.1, 0.15) is 0 Å². The van der Waals surface area contributed by atoms with E-state index >= 15 is 0 Å². The van der Waals surface area contributed by atoms with Crippen LogP contribution in [0.1, 0.15) is 36.8 Å². The third-order valence-corrected chi connectivity index (χ3v) is 4.94. The summed E-state index contributed by atoms with van der Waals surface area (Å²) < 4.78 is 1.51. The number of carbonyl (C=O) groups excluding carboxylic acids is 1. The van der Waals surface area contributed by atoms with Crippen LogP contribution in [0, 0.1) is 6.92 Å². The largest absolute Gasteiger partial charge is 0.355 e. The highest BCUT2D eigenvalue weighted by molar-refractivity contribution is 5.80. The van der Waals surface area contributed by atoms with E-state index in [4.69, 9.17) is 0 Å². The summed E-state index contributed by atoms with van der Waals surface area (Å²) in [6.45, 7) is 4.97. The number of hydrogen-bond acceptors (Lipinski definition) is 3. The Hall–Kier alpha value is -2.95. The van der Waals surface area contributed by atoms with Crippen LogP contribution in [0.25, 0.3) is 10.9 Å². The zero-order valence-corrected chi connectivity index (χ0v) is 15.8. The van der Waals surface area contributed by atoms with Crippen LogP contribution in [-0.2, 0) is 11.3 Å². The van der Waals surface area contributed by atoms with Crippen molar-refractivity contribution >= 4 is 16.8 Å². The maximum atomic E-state index is 12.6. The number of carbonyl (C=O) groups is 1. The molecule has 1 amide bonds. The van der Waals surface area contributed by atoms with Crippen LogP contribution in [-0.4, -0.2) is 22.0 Å². The molecule has 140 valence electrons. The van der Waals surface area contributed by atoms with E-state index in [9.17, 15) is 9.59 Å². The van der Waals surface area contributed by atoms with Gasteiger partial charge in [0.25, 0.3) is 5.56 Å². The van der Waals surface area contributed by atoms with E-state index in [1.165, 1.54) is 16.5 Å². The van der Waals surface area contributed by atoms with E-state index in [-0.39, 0.29) is 17.9 Å². The van der Waals surface area contributed by atoms with Gasteiger partial charge in [-0.1, -0.05) is 49.4 Å². The number of benzene rings is 2. The molecule has 0 unspecified atom stereocenters. The Balaban J connectivity index is 1.60. The summed E-state index contributed by atoms with van der Waals surface area (Å²) in [6, 6.07) is 15.8. The van der Waals surface area contributed by atoms with Crippen LogP contribution >= 0.6 is 0 Å². The lowest BCUT2D eigenvalue weighted by Gasteiger charge is -2.16. The second-order valence-corrected chi connectivity index (χ2v) is 6.78. The Morgan fingerprint density at radius 2 is 1.93 bits per heavy atom. The summed E-state index contributed by atoms with van der Waals surface area (Å²) in [4.78, 5) is 29.2. The Kier molecular flexibility index (Phi) is 6.01. The Labute approximate surface area is 159 Å². The maximum Gasteiger partial charge on any atom is 0.261 e. The first-order valence-electron chi connectivity index (χ1n) is 9.36. The molecule has 5 heteroatoms. The number of aromatic nitrogens is 2. The molecule has 0 aliphatic rings. The lowest BCUT2D eigenvalue weighted by molar-refractivity contribution is -0.121. The van der Waals surface area contributed by atoms with Crippen molar-refractivity contribution in [2.24, 2.45) is 0 Å². The fraction of sp³-hybridized carbons (Fsp3) is 0.318. The summed E-state index contributed by atoms with van der Waals surface area (Å²) in [7, 11) is 0. The second kappa shape index (κ2) is 8.62. The number of nitrogens with zero attached hydrogens (tertiary/aromatic N) is 2. The van der Waals surface area contributed by atoms with Gasteiger partial charge in [-0.15, -0.1) is 0 Å². The Morgan fingerprint density at radius 3 is 2.67 bits per heavy atom. The molecule has 1 N–H and O–H groups in total. The average Bonchev–Trinajstić information content (AvgIpc) is 2.69. The SMILES string of the molecule is CC[C@H](CNC(=O)CCn1cnc2c(C)cccc2c1=O)c1ccccc1. The van der Waals surface area contributed by atoms with Crippen molar-refractivity contribution < 1.29 is 4.79 Å². The first kappa shape index (κ1) is 18.8. The van der Waals surface area contributed by atoms with Crippen LogP contribution in [0.2, 0.25) is 0 Å². The predicted molar refractivity (Wildman–Crippen MR) is 108 cm³/mol. The van der Waals surface area contributed by atoms with Gasteiger partial charge in [0.2, 0.25) is 5.91 Å². The molecule has 0 aliphatic heterocycles. The van der Waals surface area contributed by atoms with Gasteiger partial charge in [-0.05, 0) is 30.5 Å². The molecule has 0 aliphatic carbocycles. The van der Waals surface area contributed by atoms with Crippen LogP contribution < -0.4 is 10.9 Å². The van der Waals surface area contributed by atoms with E-state index in [2.05, 4.69) is 29.4 Å². The Morgan fingerprint density at radius 1 is 1.15 bits per heavy atom. The predicted octanol–water partition coefficient (Wildman–Crippen LogP) is 3.41. The zero-order chi connectivity index (χ0) is 19.2. The number of fused-ring (bicyclic) bond motifs is 1. The molecule has 3 rings (SSSR count). The molecule has 0 spiro atoms. The number of nitrogens with one attached hydrogen (secondary N) is 1. The van der Waals surface area contributed by atoms with E-state index in [1.54, 1.807) is 6.07 Å². The van der Waals surface area contributed by atoms with Crippen molar-refractivity contribution in [3.05, 3.63) is 76.3 Å². The number of rotatable bonds is 7. The van der Waals surface area contributed by atoms with Crippen molar-refractivity contribution in [1.82, 2.24) is 14.9 Å². The highest BCUT2D eigenvalue weighted by Gasteiger charge is 2.12. The zero-order valence-electron chi connectivity index (χ0n) is 15.8. The number of aryl methyl sites for hydroxylation is 2. The highest BCUT2D eigenvalue weighted by Crippen LogP contribution is 2.18. The van der Waals surface area contributed by atoms with Crippen LogP contribution in [0.3, 0.4) is 0 Å². The third kappa shape index (κ3) is 4.42. The van der Waals surface area contributed by atoms with Gasteiger partial charge in [0.15, 0.2) is 0 Å². The fourth-order valence-corrected chi connectivity index (χ4v) is 3.27. The standard InChI is InChI=1S/C22H25N3O2/c1-3-17(18-9-5-4-6-10-18)14-23-20(26)12-13-25-15-24-21-16(2)8-7-11-19(21)22(25)27/h4-11,15,17H,3,12-14H2,1-2H3,(H,23,26)/t17-/m1/s1. The third-order valence-electron chi connectivity index (χ3n) is 4.94. The summed E-state index contributed by atoms with van der Waals surface area (Å²) in [5.74, 6) is 0.240. The molecule has 1 heterocycles. The van der Waals surface area contributed by atoms with Crippen molar-refractivity contribution in [3.63, 3.8) is 0 Å². The molecule has 3 aromatic rings. The summed E-state index contributed by atoms with van der Waals surface area (Å²) in [6.07, 6.45) is 2.74. The monoisotopic (exact) mass is 363 g/mol. The van der Waals surface area contributed by atoms with Gasteiger partial charge >= 0.3 is 0 Å². The molecule has 0 saturated carbocycles. The van der Waals surface area contributed by atoms with Gasteiger partial charge in [0.05, 0.1) is 17.2 Å². The molecule has 0 saturated heterocycles. The summed E-state index contributed by atoms with van der Waals surface area (Å²) in [5, 5.41) is 3.58. The average molecular weight is 363 g/mol. The maximum absolute atomic E-state index is 12.6. The molecule has 27 heavy (non-hydrogen) atoms. The number of para-hydroxylation sites is 1.